The van der Waals surface area contributed by atoms with Crippen LogP contribution < -0.4 is 0 Å². The number of quaternary nitrogens is 2. The Kier molecular flexibility index (Phi) is 8.63. The monoisotopic (exact) mass is 376 g/mol. The molecule has 0 saturated carbocycles. The van der Waals surface area contributed by atoms with E-state index in [4.69, 9.17) is 9.11 Å². The van der Waals surface area contributed by atoms with Crippen molar-refractivity contribution in [3.8, 4) is 0 Å². The van der Waals surface area contributed by atoms with E-state index in [1.54, 1.807) is 0 Å². The fraction of sp³-hybridized carbons (Fsp3) is 1.00. The molecule has 0 aromatic heterocycles. The van der Waals surface area contributed by atoms with Gasteiger partial charge in [0.25, 0.3) is 20.2 Å². The molecule has 0 spiro atoms. The van der Waals surface area contributed by atoms with Crippen LogP contribution in [0.2, 0.25) is 0 Å². The second-order valence-electron chi connectivity index (χ2n) is 7.40. The van der Waals surface area contributed by atoms with Crippen LogP contribution in [0.15, 0.2) is 0 Å². The summed E-state index contributed by atoms with van der Waals surface area (Å²) in [5.41, 5.74) is 0. The molecule has 2 N–H and O–H groups in total. The molecule has 0 aromatic carbocycles. The van der Waals surface area contributed by atoms with Crippen LogP contribution in [0.1, 0.15) is 19.3 Å². The second kappa shape index (κ2) is 8.72. The van der Waals surface area contributed by atoms with Crippen LogP contribution in [0.5, 0.6) is 0 Å². The van der Waals surface area contributed by atoms with Crippen LogP contribution >= 0.6 is 0 Å². The largest absolute Gasteiger partial charge is 0.328 e. The van der Waals surface area contributed by atoms with Gasteiger partial charge in [-0.05, 0) is 0 Å². The minimum absolute atomic E-state index is 0.216. The molecule has 140 valence electrons. The van der Waals surface area contributed by atoms with Crippen molar-refractivity contribution in [2.24, 2.45) is 0 Å². The summed E-state index contributed by atoms with van der Waals surface area (Å²) in [4.78, 5) is 0. The van der Waals surface area contributed by atoms with Gasteiger partial charge in [-0.3, -0.25) is 9.11 Å². The van der Waals surface area contributed by atoms with Gasteiger partial charge in [-0.15, -0.1) is 0 Å². The van der Waals surface area contributed by atoms with Crippen LogP contribution in [-0.4, -0.2) is 101 Å². The summed E-state index contributed by atoms with van der Waals surface area (Å²) >= 11 is 0. The fourth-order valence-corrected chi connectivity index (χ4v) is 3.49. The highest BCUT2D eigenvalue weighted by Crippen LogP contribution is 2.07. The Labute approximate surface area is 140 Å². The molecule has 8 nitrogen and oxygen atoms in total. The molecule has 10 heteroatoms. The van der Waals surface area contributed by atoms with E-state index in [2.05, 4.69) is 0 Å². The number of hydrogen-bond donors (Lipinski definition) is 2. The van der Waals surface area contributed by atoms with Crippen molar-refractivity contribution in [3.63, 3.8) is 0 Å². The van der Waals surface area contributed by atoms with Crippen molar-refractivity contribution in [2.75, 3.05) is 65.9 Å². The molecule has 0 aliphatic heterocycles. The van der Waals surface area contributed by atoms with Crippen LogP contribution in [0.25, 0.3) is 0 Å². The number of nitrogens with zero attached hydrogens (tertiary/aromatic N) is 2. The minimum Gasteiger partial charge on any atom is -0.328 e. The summed E-state index contributed by atoms with van der Waals surface area (Å²) in [5.74, 6) is -0.433. The Morgan fingerprint density at radius 2 is 0.870 bits per heavy atom. The quantitative estimate of drug-likeness (QED) is 0.369. The van der Waals surface area contributed by atoms with Crippen LogP contribution in [0.4, 0.5) is 0 Å². The van der Waals surface area contributed by atoms with Crippen LogP contribution in [-0.2, 0) is 20.2 Å². The summed E-state index contributed by atoms with van der Waals surface area (Å²) in [6.07, 6.45) is 1.74. The summed E-state index contributed by atoms with van der Waals surface area (Å²) in [6, 6.07) is 0. The van der Waals surface area contributed by atoms with E-state index in [9.17, 15) is 16.8 Å². The van der Waals surface area contributed by atoms with Gasteiger partial charge in [0.15, 0.2) is 0 Å². The zero-order valence-electron chi connectivity index (χ0n) is 14.6. The lowest BCUT2D eigenvalue weighted by Crippen LogP contribution is -2.46. The summed E-state index contributed by atoms with van der Waals surface area (Å²) in [5, 5.41) is 0. The van der Waals surface area contributed by atoms with Gasteiger partial charge >= 0.3 is 0 Å². The lowest BCUT2D eigenvalue weighted by Gasteiger charge is -2.33. The lowest BCUT2D eigenvalue weighted by molar-refractivity contribution is -0.909. The normalized spacial score (nSPS) is 14.2. The first-order chi connectivity index (χ1) is 10.1. The Bertz CT molecular complexity index is 505. The molecular formula is C13H32N2O6S2+2. The van der Waals surface area contributed by atoms with Gasteiger partial charge in [0, 0.05) is 19.3 Å². The zero-order chi connectivity index (χ0) is 18.4. The van der Waals surface area contributed by atoms with Crippen molar-refractivity contribution in [1.29, 1.82) is 0 Å². The molecule has 0 aliphatic rings. The van der Waals surface area contributed by atoms with E-state index < -0.39 is 20.2 Å². The van der Waals surface area contributed by atoms with Crippen molar-refractivity contribution >= 4 is 20.2 Å². The second-order valence-corrected chi connectivity index (χ2v) is 10.5. The van der Waals surface area contributed by atoms with E-state index in [1.165, 1.54) is 0 Å². The van der Waals surface area contributed by atoms with Crippen LogP contribution in [0.3, 0.4) is 0 Å². The molecule has 0 unspecified atom stereocenters. The molecule has 0 saturated heterocycles. The molecular weight excluding hydrogens is 344 g/mol. The number of hydrogen-bond acceptors (Lipinski definition) is 4. The van der Waals surface area contributed by atoms with Gasteiger partial charge in [-0.1, -0.05) is 0 Å². The predicted molar refractivity (Wildman–Crippen MR) is 90.4 cm³/mol. The van der Waals surface area contributed by atoms with E-state index in [0.29, 0.717) is 34.9 Å². The van der Waals surface area contributed by atoms with E-state index in [0.717, 1.165) is 19.5 Å². The molecule has 0 bridgehead atoms. The molecule has 0 radical (unpaired) electrons. The average molecular weight is 377 g/mol. The Morgan fingerprint density at radius 1 is 0.609 bits per heavy atom. The predicted octanol–water partition coefficient (Wildman–Crippen LogP) is 0.0851. The third kappa shape index (κ3) is 15.0. The van der Waals surface area contributed by atoms with E-state index >= 15 is 0 Å². The maximum Gasteiger partial charge on any atom is 0.265 e. The van der Waals surface area contributed by atoms with Crippen molar-refractivity contribution in [3.05, 3.63) is 0 Å². The van der Waals surface area contributed by atoms with Gasteiger partial charge in [0.2, 0.25) is 0 Å². The Balaban J connectivity index is 4.09. The average Bonchev–Trinajstić information content (AvgIpc) is 2.23. The Morgan fingerprint density at radius 3 is 1.13 bits per heavy atom. The molecule has 23 heavy (non-hydrogen) atoms. The van der Waals surface area contributed by atoms with Crippen molar-refractivity contribution < 1.29 is 34.9 Å². The smallest absolute Gasteiger partial charge is 0.265 e. The van der Waals surface area contributed by atoms with Gasteiger partial charge in [-0.2, -0.15) is 16.8 Å². The minimum atomic E-state index is -3.90. The molecule has 0 amide bonds. The molecule has 0 rings (SSSR count). The highest BCUT2D eigenvalue weighted by Gasteiger charge is 2.21. The lowest BCUT2D eigenvalue weighted by atomic mass is 10.2. The molecule has 0 aliphatic carbocycles. The van der Waals surface area contributed by atoms with Gasteiger partial charge < -0.3 is 8.97 Å². The third-order valence-corrected chi connectivity index (χ3v) is 5.47. The standard InChI is InChI=1S/C13H30N2O6S2/c1-14(2,10-6-12-22(16,17)18)8-5-9-15(3,4)11-7-13-23(19,20)21/h5-13H2,1-4H3/p+2. The SMILES string of the molecule is C[N+](C)(CCC[N+](C)(C)CCCS(=O)(=O)O)CCCS(=O)(=O)O. The van der Waals surface area contributed by atoms with Gasteiger partial charge in [0.05, 0.1) is 65.9 Å². The Hall–Kier alpha value is -0.260. The molecule has 0 atom stereocenters. The van der Waals surface area contributed by atoms with Gasteiger partial charge in [-0.25, -0.2) is 0 Å². The summed E-state index contributed by atoms with van der Waals surface area (Å²) < 4.78 is 61.7. The summed E-state index contributed by atoms with van der Waals surface area (Å²) in [7, 11) is 0.274. The zero-order valence-corrected chi connectivity index (χ0v) is 16.2. The van der Waals surface area contributed by atoms with E-state index in [-0.39, 0.29) is 11.5 Å². The maximum atomic E-state index is 10.7. The van der Waals surface area contributed by atoms with Crippen LogP contribution in [0, 0.1) is 0 Å². The fourth-order valence-electron chi connectivity index (χ4n) is 2.50. The van der Waals surface area contributed by atoms with Crippen molar-refractivity contribution in [2.45, 2.75) is 19.3 Å². The maximum absolute atomic E-state index is 10.7. The topological polar surface area (TPSA) is 109 Å². The molecule has 0 fully saturated rings. The van der Waals surface area contributed by atoms with Gasteiger partial charge in [0.1, 0.15) is 0 Å². The first-order valence-corrected chi connectivity index (χ1v) is 10.9. The first kappa shape index (κ1) is 22.7. The molecule has 0 heterocycles. The van der Waals surface area contributed by atoms with Crippen molar-refractivity contribution in [1.82, 2.24) is 0 Å². The number of rotatable bonds is 12. The van der Waals surface area contributed by atoms with E-state index in [1.807, 2.05) is 28.2 Å². The molecule has 0 aromatic rings. The first-order valence-electron chi connectivity index (χ1n) is 7.66. The summed E-state index contributed by atoms with van der Waals surface area (Å²) in [6.45, 7) is 3.06. The highest BCUT2D eigenvalue weighted by atomic mass is 32.2. The third-order valence-electron chi connectivity index (χ3n) is 3.86. The highest BCUT2D eigenvalue weighted by molar-refractivity contribution is 7.86.